The number of rotatable bonds is 7. The Labute approximate surface area is 92.4 Å². The Bertz CT molecular complexity index is 203. The molecule has 0 radical (unpaired) electrons. The van der Waals surface area contributed by atoms with Crippen molar-refractivity contribution >= 4 is 0 Å². The Hall–Kier alpha value is -0.630. The number of nitriles is 1. The first-order valence-corrected chi connectivity index (χ1v) is 5.45. The largest absolute Gasteiger partial charge is 0.389 e. The lowest BCUT2D eigenvalue weighted by atomic mass is 10.0. The minimum atomic E-state index is -0.548. The van der Waals surface area contributed by atoms with Crippen molar-refractivity contribution in [3.05, 3.63) is 0 Å². The van der Waals surface area contributed by atoms with Crippen LogP contribution in [0.5, 0.6) is 0 Å². The van der Waals surface area contributed by atoms with Gasteiger partial charge in [-0.15, -0.1) is 0 Å². The van der Waals surface area contributed by atoms with Crippen molar-refractivity contribution in [1.82, 2.24) is 4.90 Å². The number of likely N-dealkylation sites (N-methyl/N-ethyl adjacent to an activating group) is 1. The molecule has 0 amide bonds. The smallest absolute Gasteiger partial charge is 0.0953 e. The Morgan fingerprint density at radius 1 is 1.47 bits per heavy atom. The average Bonchev–Trinajstić information content (AvgIpc) is 2.19. The molecule has 4 heteroatoms. The molecule has 0 spiro atoms. The third kappa shape index (κ3) is 4.61. The van der Waals surface area contributed by atoms with E-state index in [2.05, 4.69) is 6.07 Å². The third-order valence-corrected chi connectivity index (χ3v) is 2.61. The van der Waals surface area contributed by atoms with Gasteiger partial charge in [-0.2, -0.15) is 5.26 Å². The summed E-state index contributed by atoms with van der Waals surface area (Å²) in [7, 11) is 1.85. The third-order valence-electron chi connectivity index (χ3n) is 2.61. The van der Waals surface area contributed by atoms with E-state index in [0.29, 0.717) is 13.2 Å². The molecule has 15 heavy (non-hydrogen) atoms. The standard InChI is InChI=1S/C11H22N2O2/c1-5-10(13(4)8-7-12)11(14)9(3)15-6-2/h9-11,14H,5-6,8H2,1-4H3/t9-,10?,11?/m0/s1. The molecule has 2 unspecified atom stereocenters. The van der Waals surface area contributed by atoms with Gasteiger partial charge in [0.25, 0.3) is 0 Å². The summed E-state index contributed by atoms with van der Waals surface area (Å²) in [6.45, 7) is 6.69. The predicted molar refractivity (Wildman–Crippen MR) is 59.4 cm³/mol. The monoisotopic (exact) mass is 214 g/mol. The lowest BCUT2D eigenvalue weighted by Gasteiger charge is -2.32. The summed E-state index contributed by atoms with van der Waals surface area (Å²) in [5.41, 5.74) is 0. The number of hydrogen-bond acceptors (Lipinski definition) is 4. The topological polar surface area (TPSA) is 56.5 Å². The number of nitrogens with zero attached hydrogens (tertiary/aromatic N) is 2. The number of aliphatic hydroxyl groups is 1. The molecule has 0 aliphatic carbocycles. The van der Waals surface area contributed by atoms with Crippen molar-refractivity contribution in [1.29, 1.82) is 5.26 Å². The predicted octanol–water partition coefficient (Wildman–Crippen LogP) is 1.01. The molecule has 1 N–H and O–H groups in total. The Morgan fingerprint density at radius 3 is 2.47 bits per heavy atom. The molecular weight excluding hydrogens is 192 g/mol. The van der Waals surface area contributed by atoms with Gasteiger partial charge in [0, 0.05) is 12.6 Å². The van der Waals surface area contributed by atoms with E-state index in [1.54, 1.807) is 0 Å². The fourth-order valence-electron chi connectivity index (χ4n) is 1.72. The van der Waals surface area contributed by atoms with Crippen LogP contribution in [-0.4, -0.2) is 48.5 Å². The first-order valence-electron chi connectivity index (χ1n) is 5.45. The zero-order valence-electron chi connectivity index (χ0n) is 10.1. The molecule has 0 rings (SSSR count). The number of ether oxygens (including phenoxy) is 1. The maximum atomic E-state index is 10.0. The highest BCUT2D eigenvalue weighted by Crippen LogP contribution is 2.12. The molecule has 3 atom stereocenters. The fourth-order valence-corrected chi connectivity index (χ4v) is 1.72. The zero-order valence-corrected chi connectivity index (χ0v) is 10.1. The van der Waals surface area contributed by atoms with Gasteiger partial charge in [0.15, 0.2) is 0 Å². The molecule has 4 nitrogen and oxygen atoms in total. The molecule has 0 saturated heterocycles. The molecular formula is C11H22N2O2. The average molecular weight is 214 g/mol. The first kappa shape index (κ1) is 14.4. The summed E-state index contributed by atoms with van der Waals surface area (Å²) in [6, 6.07) is 2.06. The van der Waals surface area contributed by atoms with E-state index in [1.165, 1.54) is 0 Å². The minimum Gasteiger partial charge on any atom is -0.389 e. The molecule has 0 aromatic heterocycles. The van der Waals surface area contributed by atoms with Crippen LogP contribution in [0.15, 0.2) is 0 Å². The van der Waals surface area contributed by atoms with Crippen LogP contribution >= 0.6 is 0 Å². The molecule has 0 saturated carbocycles. The van der Waals surface area contributed by atoms with Crippen molar-refractivity contribution in [3.8, 4) is 6.07 Å². The first-order chi connectivity index (χ1) is 7.08. The van der Waals surface area contributed by atoms with Crippen LogP contribution in [0.1, 0.15) is 27.2 Å². The highest BCUT2D eigenvalue weighted by atomic mass is 16.5. The zero-order chi connectivity index (χ0) is 11.8. The van der Waals surface area contributed by atoms with Crippen LogP contribution in [0, 0.1) is 11.3 Å². The maximum absolute atomic E-state index is 10.0. The van der Waals surface area contributed by atoms with Gasteiger partial charge in [-0.05, 0) is 27.3 Å². The summed E-state index contributed by atoms with van der Waals surface area (Å²) >= 11 is 0. The summed E-state index contributed by atoms with van der Waals surface area (Å²) < 4.78 is 5.36. The van der Waals surface area contributed by atoms with Gasteiger partial charge in [0.2, 0.25) is 0 Å². The molecule has 0 aliphatic heterocycles. The molecule has 0 aromatic carbocycles. The minimum absolute atomic E-state index is 0.0220. The molecule has 0 heterocycles. The van der Waals surface area contributed by atoms with Crippen LogP contribution in [0.3, 0.4) is 0 Å². The molecule has 0 fully saturated rings. The summed E-state index contributed by atoms with van der Waals surface area (Å²) in [5.74, 6) is 0. The van der Waals surface area contributed by atoms with E-state index in [4.69, 9.17) is 10.00 Å². The summed E-state index contributed by atoms with van der Waals surface area (Å²) in [6.07, 6.45) is 0.0610. The Kier molecular flexibility index (Phi) is 7.31. The SMILES string of the molecule is CCO[C@@H](C)C(O)C(CC)N(C)CC#N. The second-order valence-electron chi connectivity index (χ2n) is 3.70. The normalized spacial score (nSPS) is 17.1. The molecule has 0 aliphatic rings. The lowest BCUT2D eigenvalue weighted by molar-refractivity contribution is -0.0576. The van der Waals surface area contributed by atoms with Gasteiger partial charge in [0.1, 0.15) is 0 Å². The fraction of sp³-hybridized carbons (Fsp3) is 0.909. The molecule has 0 bridgehead atoms. The molecule has 88 valence electrons. The van der Waals surface area contributed by atoms with Gasteiger partial charge in [-0.1, -0.05) is 6.92 Å². The Balaban J connectivity index is 4.32. The molecule has 0 aromatic rings. The van der Waals surface area contributed by atoms with E-state index < -0.39 is 6.10 Å². The number of aliphatic hydroxyl groups excluding tert-OH is 1. The van der Waals surface area contributed by atoms with Crippen molar-refractivity contribution in [2.24, 2.45) is 0 Å². The van der Waals surface area contributed by atoms with Crippen LogP contribution in [0.4, 0.5) is 0 Å². The second kappa shape index (κ2) is 7.63. The van der Waals surface area contributed by atoms with E-state index in [0.717, 1.165) is 6.42 Å². The van der Waals surface area contributed by atoms with E-state index >= 15 is 0 Å². The quantitative estimate of drug-likeness (QED) is 0.642. The number of hydrogen-bond donors (Lipinski definition) is 1. The van der Waals surface area contributed by atoms with Gasteiger partial charge < -0.3 is 9.84 Å². The lowest BCUT2D eigenvalue weighted by Crippen LogP contribution is -2.46. The van der Waals surface area contributed by atoms with Gasteiger partial charge in [-0.3, -0.25) is 4.90 Å². The van der Waals surface area contributed by atoms with Crippen LogP contribution in [-0.2, 0) is 4.74 Å². The Morgan fingerprint density at radius 2 is 2.07 bits per heavy atom. The van der Waals surface area contributed by atoms with Crippen LogP contribution in [0.2, 0.25) is 0 Å². The highest BCUT2D eigenvalue weighted by Gasteiger charge is 2.26. The second-order valence-corrected chi connectivity index (χ2v) is 3.70. The van der Waals surface area contributed by atoms with Crippen molar-refractivity contribution in [2.75, 3.05) is 20.2 Å². The van der Waals surface area contributed by atoms with Gasteiger partial charge in [0.05, 0.1) is 24.8 Å². The van der Waals surface area contributed by atoms with E-state index in [1.807, 2.05) is 32.7 Å². The summed E-state index contributed by atoms with van der Waals surface area (Å²) in [4.78, 5) is 1.86. The van der Waals surface area contributed by atoms with Crippen molar-refractivity contribution in [2.45, 2.75) is 45.4 Å². The van der Waals surface area contributed by atoms with Gasteiger partial charge in [-0.25, -0.2) is 0 Å². The van der Waals surface area contributed by atoms with Gasteiger partial charge >= 0.3 is 0 Å². The van der Waals surface area contributed by atoms with Crippen LogP contribution < -0.4 is 0 Å². The summed E-state index contributed by atoms with van der Waals surface area (Å²) in [5, 5.41) is 18.6. The van der Waals surface area contributed by atoms with Crippen LogP contribution in [0.25, 0.3) is 0 Å². The van der Waals surface area contributed by atoms with E-state index in [9.17, 15) is 5.11 Å². The van der Waals surface area contributed by atoms with E-state index in [-0.39, 0.29) is 12.1 Å². The maximum Gasteiger partial charge on any atom is 0.0953 e. The van der Waals surface area contributed by atoms with Crippen molar-refractivity contribution < 1.29 is 9.84 Å². The highest BCUT2D eigenvalue weighted by molar-refractivity contribution is 4.85. The van der Waals surface area contributed by atoms with Crippen molar-refractivity contribution in [3.63, 3.8) is 0 Å².